The van der Waals surface area contributed by atoms with Crippen molar-refractivity contribution in [1.29, 1.82) is 0 Å². The Bertz CT molecular complexity index is 295. The Balaban J connectivity index is 1.94. The molecule has 1 aromatic rings. The van der Waals surface area contributed by atoms with Gasteiger partial charge in [0.05, 0.1) is 6.10 Å². The average Bonchev–Trinajstić information content (AvgIpc) is 2.01. The molecule has 1 aliphatic rings. The lowest BCUT2D eigenvalue weighted by Gasteiger charge is -2.32. The Morgan fingerprint density at radius 3 is 2.92 bits per heavy atom. The van der Waals surface area contributed by atoms with E-state index in [0.29, 0.717) is 6.04 Å². The molecule has 1 heterocycles. The van der Waals surface area contributed by atoms with Crippen LogP contribution in [0.25, 0.3) is 0 Å². The van der Waals surface area contributed by atoms with Gasteiger partial charge in [0.15, 0.2) is 0 Å². The predicted octanol–water partition coefficient (Wildman–Crippen LogP) is 1.33. The van der Waals surface area contributed by atoms with E-state index < -0.39 is 0 Å². The summed E-state index contributed by atoms with van der Waals surface area (Å²) >= 11 is 0. The summed E-state index contributed by atoms with van der Waals surface area (Å²) in [5, 5.41) is 12.4. The number of hydrogen-bond acceptors (Lipinski definition) is 3. The maximum absolute atomic E-state index is 9.10. The van der Waals surface area contributed by atoms with E-state index in [4.69, 9.17) is 5.11 Å². The molecular formula is C10H14N2O. The Hall–Kier alpha value is -1.09. The number of aliphatic hydroxyl groups excluding tert-OH is 1. The SMILES string of the molecule is Cc1cc(NC2CC(O)C2)ccn1. The molecule has 0 radical (unpaired) electrons. The van der Waals surface area contributed by atoms with Crippen LogP contribution >= 0.6 is 0 Å². The quantitative estimate of drug-likeness (QED) is 0.718. The summed E-state index contributed by atoms with van der Waals surface area (Å²) in [7, 11) is 0. The van der Waals surface area contributed by atoms with Crippen LogP contribution in [0.2, 0.25) is 0 Å². The molecule has 0 aliphatic heterocycles. The molecule has 0 bridgehead atoms. The van der Waals surface area contributed by atoms with Crippen molar-refractivity contribution in [2.24, 2.45) is 0 Å². The second kappa shape index (κ2) is 3.34. The third-order valence-electron chi connectivity index (χ3n) is 2.38. The minimum Gasteiger partial charge on any atom is -0.393 e. The molecule has 70 valence electrons. The van der Waals surface area contributed by atoms with Crippen molar-refractivity contribution in [2.75, 3.05) is 5.32 Å². The molecule has 2 rings (SSSR count). The summed E-state index contributed by atoms with van der Waals surface area (Å²) < 4.78 is 0. The van der Waals surface area contributed by atoms with Crippen LogP contribution in [0.4, 0.5) is 5.69 Å². The molecule has 1 saturated carbocycles. The highest BCUT2D eigenvalue weighted by molar-refractivity contribution is 5.44. The summed E-state index contributed by atoms with van der Waals surface area (Å²) in [6.07, 6.45) is 3.43. The second-order valence-corrected chi connectivity index (χ2v) is 3.65. The summed E-state index contributed by atoms with van der Waals surface area (Å²) in [6, 6.07) is 4.42. The second-order valence-electron chi connectivity index (χ2n) is 3.65. The van der Waals surface area contributed by atoms with E-state index in [1.165, 1.54) is 0 Å². The molecule has 1 aliphatic carbocycles. The normalized spacial score (nSPS) is 26.6. The molecule has 0 saturated heterocycles. The summed E-state index contributed by atoms with van der Waals surface area (Å²) in [5.41, 5.74) is 2.12. The number of nitrogens with one attached hydrogen (secondary N) is 1. The van der Waals surface area contributed by atoms with Crippen molar-refractivity contribution in [3.63, 3.8) is 0 Å². The topological polar surface area (TPSA) is 45.1 Å². The highest BCUT2D eigenvalue weighted by Crippen LogP contribution is 2.23. The molecule has 0 amide bonds. The number of anilines is 1. The number of aryl methyl sites for hydroxylation is 1. The first-order chi connectivity index (χ1) is 6.24. The Labute approximate surface area is 77.8 Å². The zero-order chi connectivity index (χ0) is 9.26. The van der Waals surface area contributed by atoms with E-state index in [9.17, 15) is 0 Å². The Morgan fingerprint density at radius 2 is 2.31 bits per heavy atom. The van der Waals surface area contributed by atoms with Gasteiger partial charge in [0, 0.05) is 23.6 Å². The van der Waals surface area contributed by atoms with Gasteiger partial charge in [0.2, 0.25) is 0 Å². The molecule has 3 nitrogen and oxygen atoms in total. The lowest BCUT2D eigenvalue weighted by atomic mass is 9.89. The zero-order valence-electron chi connectivity index (χ0n) is 7.70. The van der Waals surface area contributed by atoms with Crippen molar-refractivity contribution in [1.82, 2.24) is 4.98 Å². The first kappa shape index (κ1) is 8.51. The van der Waals surface area contributed by atoms with Gasteiger partial charge in [-0.15, -0.1) is 0 Å². The molecule has 2 N–H and O–H groups in total. The predicted molar refractivity (Wildman–Crippen MR) is 51.6 cm³/mol. The third-order valence-corrected chi connectivity index (χ3v) is 2.38. The van der Waals surface area contributed by atoms with Gasteiger partial charge in [-0.25, -0.2) is 0 Å². The smallest absolute Gasteiger partial charge is 0.0579 e. The molecule has 0 aromatic carbocycles. The van der Waals surface area contributed by atoms with Crippen LogP contribution < -0.4 is 5.32 Å². The third kappa shape index (κ3) is 1.98. The van der Waals surface area contributed by atoms with Gasteiger partial charge in [-0.3, -0.25) is 4.98 Å². The Morgan fingerprint density at radius 1 is 1.54 bits per heavy atom. The Kier molecular flexibility index (Phi) is 2.19. The lowest BCUT2D eigenvalue weighted by Crippen LogP contribution is -2.38. The van der Waals surface area contributed by atoms with Crippen LogP contribution in [0.3, 0.4) is 0 Å². The van der Waals surface area contributed by atoms with Gasteiger partial charge < -0.3 is 10.4 Å². The number of aliphatic hydroxyl groups is 1. The largest absolute Gasteiger partial charge is 0.393 e. The molecular weight excluding hydrogens is 164 g/mol. The van der Waals surface area contributed by atoms with Gasteiger partial charge in [-0.05, 0) is 31.9 Å². The molecule has 0 atom stereocenters. The molecule has 3 heteroatoms. The zero-order valence-corrected chi connectivity index (χ0v) is 7.70. The number of nitrogens with zero attached hydrogens (tertiary/aromatic N) is 1. The number of rotatable bonds is 2. The number of aromatic nitrogens is 1. The van der Waals surface area contributed by atoms with Crippen LogP contribution in [0.1, 0.15) is 18.5 Å². The van der Waals surface area contributed by atoms with E-state index in [0.717, 1.165) is 24.2 Å². The first-order valence-electron chi connectivity index (χ1n) is 4.61. The fraction of sp³-hybridized carbons (Fsp3) is 0.500. The van der Waals surface area contributed by atoms with Crippen LogP contribution in [0.15, 0.2) is 18.3 Å². The molecule has 0 unspecified atom stereocenters. The van der Waals surface area contributed by atoms with E-state index >= 15 is 0 Å². The lowest BCUT2D eigenvalue weighted by molar-refractivity contribution is 0.0836. The van der Waals surface area contributed by atoms with Gasteiger partial charge in [-0.1, -0.05) is 0 Å². The van der Waals surface area contributed by atoms with E-state index in [2.05, 4.69) is 10.3 Å². The van der Waals surface area contributed by atoms with E-state index in [1.54, 1.807) is 6.20 Å². The van der Waals surface area contributed by atoms with Gasteiger partial charge >= 0.3 is 0 Å². The summed E-state index contributed by atoms with van der Waals surface area (Å²) in [6.45, 7) is 1.97. The minimum atomic E-state index is -0.0968. The van der Waals surface area contributed by atoms with E-state index in [-0.39, 0.29) is 6.10 Å². The van der Waals surface area contributed by atoms with Gasteiger partial charge in [-0.2, -0.15) is 0 Å². The van der Waals surface area contributed by atoms with Crippen LogP contribution in [-0.4, -0.2) is 22.2 Å². The van der Waals surface area contributed by atoms with Crippen molar-refractivity contribution in [3.05, 3.63) is 24.0 Å². The number of hydrogen-bond donors (Lipinski definition) is 2. The number of pyridine rings is 1. The highest BCUT2D eigenvalue weighted by Gasteiger charge is 2.26. The van der Waals surface area contributed by atoms with Gasteiger partial charge in [0.1, 0.15) is 0 Å². The summed E-state index contributed by atoms with van der Waals surface area (Å²) in [5.74, 6) is 0. The van der Waals surface area contributed by atoms with Gasteiger partial charge in [0.25, 0.3) is 0 Å². The minimum absolute atomic E-state index is 0.0968. The monoisotopic (exact) mass is 178 g/mol. The standard InChI is InChI=1S/C10H14N2O/c1-7-4-8(2-3-11-7)12-9-5-10(13)6-9/h2-4,9-10,13H,5-6H2,1H3,(H,11,12). The molecule has 13 heavy (non-hydrogen) atoms. The van der Waals surface area contributed by atoms with Crippen LogP contribution in [-0.2, 0) is 0 Å². The van der Waals surface area contributed by atoms with Crippen molar-refractivity contribution >= 4 is 5.69 Å². The maximum Gasteiger partial charge on any atom is 0.0579 e. The van der Waals surface area contributed by atoms with E-state index in [1.807, 2.05) is 19.1 Å². The molecule has 0 spiro atoms. The average molecular weight is 178 g/mol. The highest BCUT2D eigenvalue weighted by atomic mass is 16.3. The fourth-order valence-electron chi connectivity index (χ4n) is 1.58. The maximum atomic E-state index is 9.10. The molecule has 1 fully saturated rings. The van der Waals surface area contributed by atoms with Crippen molar-refractivity contribution < 1.29 is 5.11 Å². The first-order valence-corrected chi connectivity index (χ1v) is 4.61. The van der Waals surface area contributed by atoms with Crippen molar-refractivity contribution in [3.8, 4) is 0 Å². The van der Waals surface area contributed by atoms with Crippen molar-refractivity contribution in [2.45, 2.75) is 31.9 Å². The van der Waals surface area contributed by atoms with Crippen LogP contribution in [0.5, 0.6) is 0 Å². The van der Waals surface area contributed by atoms with Crippen LogP contribution in [0, 0.1) is 6.92 Å². The molecule has 1 aromatic heterocycles. The fourth-order valence-corrected chi connectivity index (χ4v) is 1.58. The summed E-state index contributed by atoms with van der Waals surface area (Å²) in [4.78, 5) is 4.12.